The lowest BCUT2D eigenvalue weighted by atomic mass is 10.1. The number of nitrogens with zero attached hydrogens (tertiary/aromatic N) is 1. The number of carboxylic acids is 1. The number of hydrogen-bond donors (Lipinski definition) is 1. The molecule has 0 aliphatic rings. The standard InChI is InChI=1S/C9H5BrINO2/c10-9-5(3-8(13)14)1-2-7(11)6(9)4-12/h1-2H,3H2,(H,13,14). The lowest BCUT2D eigenvalue weighted by molar-refractivity contribution is -0.136. The molecule has 0 saturated heterocycles. The van der Waals surface area contributed by atoms with E-state index in [-0.39, 0.29) is 6.42 Å². The van der Waals surface area contributed by atoms with Gasteiger partial charge < -0.3 is 5.11 Å². The first-order chi connectivity index (χ1) is 6.56. The average molecular weight is 366 g/mol. The molecule has 0 unspecified atom stereocenters. The quantitative estimate of drug-likeness (QED) is 0.819. The van der Waals surface area contributed by atoms with Crippen molar-refractivity contribution in [2.75, 3.05) is 0 Å². The summed E-state index contributed by atoms with van der Waals surface area (Å²) in [6.07, 6.45) is -0.0772. The molecular weight excluding hydrogens is 361 g/mol. The summed E-state index contributed by atoms with van der Waals surface area (Å²) in [7, 11) is 0. The van der Waals surface area contributed by atoms with E-state index in [2.05, 4.69) is 15.9 Å². The third-order valence-electron chi connectivity index (χ3n) is 1.62. The third kappa shape index (κ3) is 2.45. The van der Waals surface area contributed by atoms with Crippen LogP contribution >= 0.6 is 38.5 Å². The molecule has 0 saturated carbocycles. The minimum absolute atomic E-state index is 0.0772. The zero-order valence-electron chi connectivity index (χ0n) is 6.92. The van der Waals surface area contributed by atoms with E-state index in [1.54, 1.807) is 12.1 Å². The fraction of sp³-hybridized carbons (Fsp3) is 0.111. The molecule has 0 bridgehead atoms. The summed E-state index contributed by atoms with van der Waals surface area (Å²) in [4.78, 5) is 10.5. The molecule has 1 aromatic rings. The van der Waals surface area contributed by atoms with Crippen LogP contribution in [0.15, 0.2) is 16.6 Å². The van der Waals surface area contributed by atoms with Gasteiger partial charge in [-0.05, 0) is 50.2 Å². The number of rotatable bonds is 2. The third-order valence-corrected chi connectivity index (χ3v) is 3.43. The molecule has 0 spiro atoms. The Morgan fingerprint density at radius 1 is 1.64 bits per heavy atom. The Balaban J connectivity index is 3.23. The summed E-state index contributed by atoms with van der Waals surface area (Å²) in [5, 5.41) is 17.4. The van der Waals surface area contributed by atoms with Crippen molar-refractivity contribution in [3.8, 4) is 6.07 Å². The Morgan fingerprint density at radius 2 is 2.29 bits per heavy atom. The first kappa shape index (κ1) is 11.5. The van der Waals surface area contributed by atoms with Gasteiger partial charge in [-0.1, -0.05) is 6.07 Å². The molecule has 0 radical (unpaired) electrons. The van der Waals surface area contributed by atoms with Crippen molar-refractivity contribution in [2.24, 2.45) is 0 Å². The second-order valence-electron chi connectivity index (χ2n) is 2.58. The Hall–Kier alpha value is -0.610. The SMILES string of the molecule is N#Cc1c(I)ccc(CC(=O)O)c1Br. The first-order valence-corrected chi connectivity index (χ1v) is 5.52. The van der Waals surface area contributed by atoms with E-state index < -0.39 is 5.97 Å². The first-order valence-electron chi connectivity index (χ1n) is 3.65. The Labute approximate surface area is 103 Å². The van der Waals surface area contributed by atoms with Crippen molar-refractivity contribution >= 4 is 44.5 Å². The van der Waals surface area contributed by atoms with Gasteiger partial charge in [0.25, 0.3) is 0 Å². The van der Waals surface area contributed by atoms with Gasteiger partial charge in [0.15, 0.2) is 0 Å². The molecule has 0 aromatic heterocycles. The molecule has 0 amide bonds. The highest BCUT2D eigenvalue weighted by Crippen LogP contribution is 2.26. The summed E-state index contributed by atoms with van der Waals surface area (Å²) in [6, 6.07) is 5.48. The number of aliphatic carboxylic acids is 1. The molecule has 1 rings (SSSR count). The lowest BCUT2D eigenvalue weighted by Crippen LogP contribution is -2.02. The van der Waals surface area contributed by atoms with Crippen LogP contribution in [0.4, 0.5) is 0 Å². The van der Waals surface area contributed by atoms with E-state index in [4.69, 9.17) is 10.4 Å². The Kier molecular flexibility index (Phi) is 3.89. The minimum atomic E-state index is -0.907. The van der Waals surface area contributed by atoms with Crippen molar-refractivity contribution in [1.82, 2.24) is 0 Å². The molecule has 5 heteroatoms. The molecule has 0 aliphatic carbocycles. The molecular formula is C9H5BrINO2. The monoisotopic (exact) mass is 365 g/mol. The average Bonchev–Trinajstić information content (AvgIpc) is 2.10. The molecule has 3 nitrogen and oxygen atoms in total. The molecule has 0 aliphatic heterocycles. The van der Waals surface area contributed by atoms with Gasteiger partial charge in [-0.15, -0.1) is 0 Å². The van der Waals surface area contributed by atoms with Crippen molar-refractivity contribution in [3.05, 3.63) is 31.3 Å². The molecule has 0 heterocycles. The number of nitriles is 1. The predicted octanol–water partition coefficient (Wildman–Crippen LogP) is 2.55. The van der Waals surface area contributed by atoms with Crippen molar-refractivity contribution in [3.63, 3.8) is 0 Å². The van der Waals surface area contributed by atoms with Gasteiger partial charge in [0.2, 0.25) is 0 Å². The van der Waals surface area contributed by atoms with Gasteiger partial charge >= 0.3 is 5.97 Å². The smallest absolute Gasteiger partial charge is 0.307 e. The molecule has 0 fully saturated rings. The molecule has 14 heavy (non-hydrogen) atoms. The summed E-state index contributed by atoms with van der Waals surface area (Å²) in [5.41, 5.74) is 1.11. The zero-order valence-corrected chi connectivity index (χ0v) is 10.7. The molecule has 1 aromatic carbocycles. The molecule has 72 valence electrons. The van der Waals surface area contributed by atoms with Crippen molar-refractivity contribution < 1.29 is 9.90 Å². The van der Waals surface area contributed by atoms with Crippen LogP contribution in [-0.2, 0) is 11.2 Å². The Morgan fingerprint density at radius 3 is 2.79 bits per heavy atom. The van der Waals surface area contributed by atoms with Gasteiger partial charge in [0.05, 0.1) is 12.0 Å². The van der Waals surface area contributed by atoms with Gasteiger partial charge in [0.1, 0.15) is 6.07 Å². The highest BCUT2D eigenvalue weighted by molar-refractivity contribution is 14.1. The summed E-state index contributed by atoms with van der Waals surface area (Å²) < 4.78 is 1.39. The second-order valence-corrected chi connectivity index (χ2v) is 4.53. The van der Waals surface area contributed by atoms with E-state index in [9.17, 15) is 4.79 Å². The normalized spacial score (nSPS) is 9.50. The maximum atomic E-state index is 10.5. The number of carboxylic acid groups (broad SMARTS) is 1. The Bertz CT molecular complexity index is 426. The minimum Gasteiger partial charge on any atom is -0.481 e. The van der Waals surface area contributed by atoms with Crippen LogP contribution in [0.2, 0.25) is 0 Å². The van der Waals surface area contributed by atoms with E-state index >= 15 is 0 Å². The van der Waals surface area contributed by atoms with E-state index in [0.29, 0.717) is 15.6 Å². The van der Waals surface area contributed by atoms with Crippen LogP contribution in [0.5, 0.6) is 0 Å². The molecule has 1 N–H and O–H groups in total. The van der Waals surface area contributed by atoms with E-state index in [1.807, 2.05) is 28.7 Å². The van der Waals surface area contributed by atoms with Gasteiger partial charge in [-0.25, -0.2) is 0 Å². The van der Waals surface area contributed by atoms with Crippen LogP contribution in [0.3, 0.4) is 0 Å². The summed E-state index contributed by atoms with van der Waals surface area (Å²) in [6.45, 7) is 0. The van der Waals surface area contributed by atoms with Crippen LogP contribution in [0.1, 0.15) is 11.1 Å². The fourth-order valence-electron chi connectivity index (χ4n) is 0.998. The number of carbonyl (C=O) groups is 1. The second kappa shape index (κ2) is 4.75. The van der Waals surface area contributed by atoms with Gasteiger partial charge in [0, 0.05) is 8.04 Å². The van der Waals surface area contributed by atoms with E-state index in [1.165, 1.54) is 0 Å². The fourth-order valence-corrected chi connectivity index (χ4v) is 2.51. The summed E-state index contributed by atoms with van der Waals surface area (Å²) in [5.74, 6) is -0.907. The maximum Gasteiger partial charge on any atom is 0.307 e. The van der Waals surface area contributed by atoms with Crippen LogP contribution in [-0.4, -0.2) is 11.1 Å². The topological polar surface area (TPSA) is 61.1 Å². The largest absolute Gasteiger partial charge is 0.481 e. The zero-order chi connectivity index (χ0) is 10.7. The number of benzene rings is 1. The highest BCUT2D eigenvalue weighted by atomic mass is 127. The van der Waals surface area contributed by atoms with Crippen molar-refractivity contribution in [1.29, 1.82) is 5.26 Å². The highest BCUT2D eigenvalue weighted by Gasteiger charge is 2.11. The van der Waals surface area contributed by atoms with Crippen LogP contribution in [0, 0.1) is 14.9 Å². The number of hydrogen-bond acceptors (Lipinski definition) is 2. The lowest BCUT2D eigenvalue weighted by Gasteiger charge is -2.04. The maximum absolute atomic E-state index is 10.5. The molecule has 0 atom stereocenters. The van der Waals surface area contributed by atoms with Gasteiger partial charge in [-0.3, -0.25) is 4.79 Å². The van der Waals surface area contributed by atoms with Crippen LogP contribution in [0.25, 0.3) is 0 Å². The van der Waals surface area contributed by atoms with Gasteiger partial charge in [-0.2, -0.15) is 5.26 Å². The number of halogens is 2. The predicted molar refractivity (Wildman–Crippen MR) is 62.9 cm³/mol. The van der Waals surface area contributed by atoms with Crippen LogP contribution < -0.4 is 0 Å². The summed E-state index contributed by atoms with van der Waals surface area (Å²) >= 11 is 5.27. The van der Waals surface area contributed by atoms with E-state index in [0.717, 1.165) is 3.57 Å². The van der Waals surface area contributed by atoms with Crippen molar-refractivity contribution in [2.45, 2.75) is 6.42 Å².